The molecule has 0 fully saturated rings. The van der Waals surface area contributed by atoms with Crippen molar-refractivity contribution in [2.45, 2.75) is 24.4 Å². The second-order valence-corrected chi connectivity index (χ2v) is 6.56. The largest absolute Gasteiger partial charge is 0.324 e. The number of nitro benzene ring substituents is 1. The number of thioether (sulfide) groups is 1. The topological polar surface area (TPSA) is 90.1 Å². The van der Waals surface area contributed by atoms with E-state index in [2.05, 4.69) is 10.3 Å². The molecule has 10 heteroatoms. The molecule has 1 amide bonds. The van der Waals surface area contributed by atoms with Crippen LogP contribution in [-0.2, 0) is 11.3 Å². The number of hydrogen-bond acceptors (Lipinski definition) is 5. The van der Waals surface area contributed by atoms with Crippen molar-refractivity contribution in [2.75, 3.05) is 5.32 Å². The number of fused-ring (bicyclic) bond motifs is 1. The van der Waals surface area contributed by atoms with Gasteiger partial charge in [-0.15, -0.1) is 0 Å². The minimum Gasteiger partial charge on any atom is -0.324 e. The maximum absolute atomic E-state index is 12.8. The molecular formula is C17H14F2N4O3S. The first-order valence-electron chi connectivity index (χ1n) is 7.80. The summed E-state index contributed by atoms with van der Waals surface area (Å²) in [5, 5.41) is 13.6. The van der Waals surface area contributed by atoms with Crippen LogP contribution in [0.4, 0.5) is 20.2 Å². The number of aromatic nitrogens is 2. The number of amides is 1. The molecule has 0 unspecified atom stereocenters. The van der Waals surface area contributed by atoms with E-state index < -0.39 is 16.6 Å². The molecular weight excluding hydrogens is 378 g/mol. The highest BCUT2D eigenvalue weighted by Crippen LogP contribution is 2.29. The zero-order valence-electron chi connectivity index (χ0n) is 14.1. The fourth-order valence-corrected chi connectivity index (χ4v) is 3.27. The number of carbonyl (C=O) groups is 1. The predicted octanol–water partition coefficient (Wildman–Crippen LogP) is 4.21. The second-order valence-electron chi connectivity index (χ2n) is 5.60. The fourth-order valence-electron chi connectivity index (χ4n) is 2.67. The number of benzene rings is 2. The monoisotopic (exact) mass is 392 g/mol. The van der Waals surface area contributed by atoms with Gasteiger partial charge in [0, 0.05) is 6.07 Å². The van der Waals surface area contributed by atoms with Gasteiger partial charge in [0.1, 0.15) is 6.54 Å². The summed E-state index contributed by atoms with van der Waals surface area (Å²) >= 11 is 0.258. The minimum atomic E-state index is -2.68. The van der Waals surface area contributed by atoms with E-state index in [1.807, 2.05) is 0 Å². The van der Waals surface area contributed by atoms with Gasteiger partial charge in [0.05, 0.1) is 27.2 Å². The molecule has 1 heterocycles. The van der Waals surface area contributed by atoms with Crippen LogP contribution >= 0.6 is 11.8 Å². The SMILES string of the molecule is Cc1c(NC(=O)Cn2c(SC(F)F)nc3ccccc32)cccc1[N+](=O)[O-]. The third kappa shape index (κ3) is 4.05. The van der Waals surface area contributed by atoms with E-state index in [0.717, 1.165) is 0 Å². The van der Waals surface area contributed by atoms with Gasteiger partial charge < -0.3 is 9.88 Å². The molecule has 1 aromatic heterocycles. The van der Waals surface area contributed by atoms with E-state index in [-0.39, 0.29) is 29.2 Å². The van der Waals surface area contributed by atoms with Crippen LogP contribution in [0.3, 0.4) is 0 Å². The lowest BCUT2D eigenvalue weighted by Gasteiger charge is -2.11. The molecule has 0 radical (unpaired) electrons. The van der Waals surface area contributed by atoms with Crippen LogP contribution in [0.5, 0.6) is 0 Å². The summed E-state index contributed by atoms with van der Waals surface area (Å²) in [5.41, 5.74) is 1.54. The molecule has 0 aliphatic rings. The summed E-state index contributed by atoms with van der Waals surface area (Å²) in [6, 6.07) is 11.1. The second kappa shape index (κ2) is 7.70. The van der Waals surface area contributed by atoms with Gasteiger partial charge in [-0.1, -0.05) is 18.2 Å². The fraction of sp³-hybridized carbons (Fsp3) is 0.176. The molecule has 0 spiro atoms. The Hall–Kier alpha value is -3.01. The highest BCUT2D eigenvalue weighted by Gasteiger charge is 2.19. The number of imidazole rings is 1. The number of hydrogen-bond donors (Lipinski definition) is 1. The van der Waals surface area contributed by atoms with Gasteiger partial charge in [0.15, 0.2) is 5.16 Å². The zero-order valence-corrected chi connectivity index (χ0v) is 14.9. The smallest absolute Gasteiger partial charge is 0.291 e. The number of anilines is 1. The quantitative estimate of drug-likeness (QED) is 0.386. The Balaban J connectivity index is 1.88. The highest BCUT2D eigenvalue weighted by atomic mass is 32.2. The van der Waals surface area contributed by atoms with Crippen LogP contribution in [0.2, 0.25) is 0 Å². The van der Waals surface area contributed by atoms with Gasteiger partial charge in [-0.2, -0.15) is 8.78 Å². The number of carbonyl (C=O) groups excluding carboxylic acids is 1. The van der Waals surface area contributed by atoms with E-state index in [9.17, 15) is 23.7 Å². The lowest BCUT2D eigenvalue weighted by Crippen LogP contribution is -2.20. The third-order valence-electron chi connectivity index (χ3n) is 3.89. The Kier molecular flexibility index (Phi) is 5.36. The molecule has 0 aliphatic heterocycles. The Morgan fingerprint density at radius 3 is 2.74 bits per heavy atom. The molecule has 0 saturated carbocycles. The molecule has 140 valence electrons. The molecule has 0 bridgehead atoms. The molecule has 3 aromatic rings. The summed E-state index contributed by atoms with van der Waals surface area (Å²) in [5.74, 6) is -3.18. The Morgan fingerprint density at radius 2 is 2.04 bits per heavy atom. The van der Waals surface area contributed by atoms with Gasteiger partial charge in [-0.25, -0.2) is 4.98 Å². The van der Waals surface area contributed by atoms with E-state index in [1.165, 1.54) is 23.6 Å². The summed E-state index contributed by atoms with van der Waals surface area (Å²) in [6.07, 6.45) is 0. The number of alkyl halides is 2. The van der Waals surface area contributed by atoms with Crippen molar-refractivity contribution in [1.82, 2.24) is 9.55 Å². The first kappa shape index (κ1) is 18.8. The summed E-state index contributed by atoms with van der Waals surface area (Å²) in [6.45, 7) is 1.27. The van der Waals surface area contributed by atoms with Crippen LogP contribution in [0.15, 0.2) is 47.6 Å². The van der Waals surface area contributed by atoms with Crippen molar-refractivity contribution in [1.29, 1.82) is 0 Å². The first-order valence-corrected chi connectivity index (χ1v) is 8.68. The van der Waals surface area contributed by atoms with Gasteiger partial charge in [0.2, 0.25) is 5.91 Å². The Bertz CT molecular complexity index is 1020. The number of nitrogens with one attached hydrogen (secondary N) is 1. The average molecular weight is 392 g/mol. The zero-order chi connectivity index (χ0) is 19.6. The molecule has 3 rings (SSSR count). The Labute approximate surface area is 156 Å². The predicted molar refractivity (Wildman–Crippen MR) is 98.1 cm³/mol. The van der Waals surface area contributed by atoms with Crippen molar-refractivity contribution < 1.29 is 18.5 Å². The van der Waals surface area contributed by atoms with Gasteiger partial charge in [-0.05, 0) is 36.9 Å². The van der Waals surface area contributed by atoms with Crippen LogP contribution in [0, 0.1) is 17.0 Å². The standard InChI is InChI=1S/C17H14F2N4O3S/c1-10-11(6-4-8-13(10)23(25)26)20-15(24)9-22-14-7-3-2-5-12(14)21-17(22)27-16(18)19/h2-8,16H,9H2,1H3,(H,20,24). The molecule has 0 aliphatic carbocycles. The number of rotatable bonds is 6. The number of para-hydroxylation sites is 2. The minimum absolute atomic E-state index is 0.0251. The number of nitrogens with zero attached hydrogens (tertiary/aromatic N) is 3. The molecule has 0 atom stereocenters. The van der Waals surface area contributed by atoms with E-state index >= 15 is 0 Å². The number of halogens is 2. The lowest BCUT2D eigenvalue weighted by atomic mass is 10.1. The molecule has 0 saturated heterocycles. The van der Waals surface area contributed by atoms with E-state index in [4.69, 9.17) is 0 Å². The lowest BCUT2D eigenvalue weighted by molar-refractivity contribution is -0.385. The Morgan fingerprint density at radius 1 is 1.30 bits per heavy atom. The average Bonchev–Trinajstić information content (AvgIpc) is 2.93. The summed E-state index contributed by atoms with van der Waals surface area (Å²) < 4.78 is 27.1. The maximum Gasteiger partial charge on any atom is 0.291 e. The third-order valence-corrected chi connectivity index (χ3v) is 4.59. The summed E-state index contributed by atoms with van der Waals surface area (Å²) in [7, 11) is 0. The van der Waals surface area contributed by atoms with Gasteiger partial charge >= 0.3 is 0 Å². The van der Waals surface area contributed by atoms with Crippen LogP contribution in [-0.4, -0.2) is 26.1 Å². The highest BCUT2D eigenvalue weighted by molar-refractivity contribution is 7.99. The number of nitro groups is 1. The first-order chi connectivity index (χ1) is 12.9. The molecule has 7 nitrogen and oxygen atoms in total. The van der Waals surface area contributed by atoms with Crippen LogP contribution in [0.25, 0.3) is 11.0 Å². The molecule has 27 heavy (non-hydrogen) atoms. The van der Waals surface area contributed by atoms with E-state index in [0.29, 0.717) is 22.3 Å². The molecule has 1 N–H and O–H groups in total. The van der Waals surface area contributed by atoms with Crippen molar-refractivity contribution >= 4 is 40.1 Å². The maximum atomic E-state index is 12.8. The van der Waals surface area contributed by atoms with Crippen LogP contribution in [0.1, 0.15) is 5.56 Å². The van der Waals surface area contributed by atoms with Crippen molar-refractivity contribution in [3.05, 3.63) is 58.1 Å². The molecule has 2 aromatic carbocycles. The van der Waals surface area contributed by atoms with Crippen molar-refractivity contribution in [2.24, 2.45) is 0 Å². The van der Waals surface area contributed by atoms with Crippen molar-refractivity contribution in [3.8, 4) is 0 Å². The van der Waals surface area contributed by atoms with Gasteiger partial charge in [-0.3, -0.25) is 14.9 Å². The van der Waals surface area contributed by atoms with Gasteiger partial charge in [0.25, 0.3) is 11.4 Å². The normalized spacial score (nSPS) is 11.1. The van der Waals surface area contributed by atoms with E-state index in [1.54, 1.807) is 30.3 Å². The van der Waals surface area contributed by atoms with Crippen molar-refractivity contribution in [3.63, 3.8) is 0 Å². The summed E-state index contributed by atoms with van der Waals surface area (Å²) in [4.78, 5) is 27.1. The van der Waals surface area contributed by atoms with Crippen LogP contribution < -0.4 is 5.32 Å².